The zero-order valence-corrected chi connectivity index (χ0v) is 8.22. The number of nitrogens with two attached hydrogens (primary N) is 1. The maximum atomic E-state index is 7.03. The third kappa shape index (κ3) is 3.05. The third-order valence-electron chi connectivity index (χ3n) is 1.79. The van der Waals surface area contributed by atoms with Gasteiger partial charge in [-0.2, -0.15) is 0 Å². The summed E-state index contributed by atoms with van der Waals surface area (Å²) in [7, 11) is 2.04. The fourth-order valence-corrected chi connectivity index (χ4v) is 1.08. The molecule has 1 aliphatic heterocycles. The molecule has 0 aromatic heterocycles. The molecule has 1 heterocycles. The van der Waals surface area contributed by atoms with Crippen LogP contribution in [0.3, 0.4) is 0 Å². The number of rotatable bonds is 1. The molecule has 3 heteroatoms. The fourth-order valence-electron chi connectivity index (χ4n) is 1.08. The fraction of sp³-hybridized carbons (Fsp3) is 0.667. The van der Waals surface area contributed by atoms with Crippen LogP contribution in [0.4, 0.5) is 0 Å². The second-order valence-electron chi connectivity index (χ2n) is 2.68. The summed E-state index contributed by atoms with van der Waals surface area (Å²) in [6.45, 7) is 5.85. The van der Waals surface area contributed by atoms with E-state index in [-0.39, 0.29) is 0 Å². The average molecular weight is 169 g/mol. The molecule has 0 aliphatic carbocycles. The molecule has 3 N–H and O–H groups in total. The summed E-state index contributed by atoms with van der Waals surface area (Å²) in [4.78, 5) is 2.16. The van der Waals surface area contributed by atoms with E-state index in [1.807, 2.05) is 20.9 Å². The summed E-state index contributed by atoms with van der Waals surface area (Å²) in [6, 6.07) is 0. The van der Waals surface area contributed by atoms with Gasteiger partial charge >= 0.3 is 0 Å². The van der Waals surface area contributed by atoms with Crippen molar-refractivity contribution >= 4 is 6.21 Å². The quantitative estimate of drug-likeness (QED) is 0.580. The summed E-state index contributed by atoms with van der Waals surface area (Å²) >= 11 is 0. The smallest absolute Gasteiger partial charge is 0.0262 e. The molecule has 0 fully saturated rings. The summed E-state index contributed by atoms with van der Waals surface area (Å²) in [5.41, 5.74) is 7.50. The van der Waals surface area contributed by atoms with Gasteiger partial charge in [-0.05, 0) is 7.05 Å². The van der Waals surface area contributed by atoms with Crippen molar-refractivity contribution in [1.29, 1.82) is 5.41 Å². The van der Waals surface area contributed by atoms with Gasteiger partial charge in [0.15, 0.2) is 0 Å². The maximum Gasteiger partial charge on any atom is 0.0262 e. The topological polar surface area (TPSA) is 53.1 Å². The van der Waals surface area contributed by atoms with Gasteiger partial charge in [0.25, 0.3) is 0 Å². The SMILES string of the molecule is CC.CN1CCC(N)=C(C=N)C1. The van der Waals surface area contributed by atoms with Crippen LogP contribution in [0.2, 0.25) is 0 Å². The van der Waals surface area contributed by atoms with Gasteiger partial charge in [-0.1, -0.05) is 13.8 Å². The van der Waals surface area contributed by atoms with E-state index < -0.39 is 0 Å². The van der Waals surface area contributed by atoms with Crippen LogP contribution in [-0.4, -0.2) is 31.3 Å². The molecule has 12 heavy (non-hydrogen) atoms. The number of nitrogens with one attached hydrogen (secondary N) is 1. The van der Waals surface area contributed by atoms with Crippen molar-refractivity contribution in [3.05, 3.63) is 11.3 Å². The standard InChI is InChI=1S/C7H13N3.C2H6/c1-10-3-2-7(9)6(4-8)5-10;1-2/h4,8H,2-3,5,9H2,1H3;1-2H3. The summed E-state index contributed by atoms with van der Waals surface area (Å²) in [6.07, 6.45) is 2.26. The van der Waals surface area contributed by atoms with Crippen molar-refractivity contribution in [3.63, 3.8) is 0 Å². The van der Waals surface area contributed by atoms with E-state index in [4.69, 9.17) is 11.1 Å². The predicted molar refractivity (Wildman–Crippen MR) is 53.5 cm³/mol. The largest absolute Gasteiger partial charge is 0.402 e. The number of hydrogen-bond acceptors (Lipinski definition) is 3. The lowest BCUT2D eigenvalue weighted by Crippen LogP contribution is -2.30. The zero-order valence-electron chi connectivity index (χ0n) is 8.22. The Bertz CT molecular complexity index is 173. The van der Waals surface area contributed by atoms with E-state index >= 15 is 0 Å². The highest BCUT2D eigenvalue weighted by Crippen LogP contribution is 2.09. The van der Waals surface area contributed by atoms with Crippen molar-refractivity contribution in [2.45, 2.75) is 20.3 Å². The highest BCUT2D eigenvalue weighted by molar-refractivity contribution is 5.77. The number of likely N-dealkylation sites (N-methyl/N-ethyl adjacent to an activating group) is 1. The first-order valence-corrected chi connectivity index (χ1v) is 4.40. The molecule has 0 atom stereocenters. The molecule has 1 rings (SSSR count). The van der Waals surface area contributed by atoms with Crippen molar-refractivity contribution in [1.82, 2.24) is 4.90 Å². The van der Waals surface area contributed by atoms with E-state index in [2.05, 4.69) is 4.90 Å². The summed E-state index contributed by atoms with van der Waals surface area (Å²) < 4.78 is 0. The Morgan fingerprint density at radius 1 is 1.50 bits per heavy atom. The maximum absolute atomic E-state index is 7.03. The van der Waals surface area contributed by atoms with Gasteiger partial charge in [-0.15, -0.1) is 0 Å². The van der Waals surface area contributed by atoms with Crippen LogP contribution in [-0.2, 0) is 0 Å². The molecular weight excluding hydrogens is 150 g/mol. The predicted octanol–water partition coefficient (Wildman–Crippen LogP) is 1.21. The van der Waals surface area contributed by atoms with Gasteiger partial charge in [0.2, 0.25) is 0 Å². The number of hydrogen-bond donors (Lipinski definition) is 2. The Kier molecular flexibility index (Phi) is 5.37. The first kappa shape index (κ1) is 11.2. The minimum atomic E-state index is 0.829. The van der Waals surface area contributed by atoms with Gasteiger partial charge in [0.1, 0.15) is 0 Å². The lowest BCUT2D eigenvalue weighted by atomic mass is 10.1. The van der Waals surface area contributed by atoms with Crippen LogP contribution in [0.15, 0.2) is 11.3 Å². The lowest BCUT2D eigenvalue weighted by molar-refractivity contribution is 0.353. The monoisotopic (exact) mass is 169 g/mol. The third-order valence-corrected chi connectivity index (χ3v) is 1.79. The van der Waals surface area contributed by atoms with Crippen molar-refractivity contribution in [3.8, 4) is 0 Å². The molecule has 0 aromatic carbocycles. The Hall–Kier alpha value is -0.830. The van der Waals surface area contributed by atoms with Gasteiger partial charge < -0.3 is 16.0 Å². The molecule has 0 unspecified atom stereocenters. The van der Waals surface area contributed by atoms with Crippen molar-refractivity contribution < 1.29 is 0 Å². The highest BCUT2D eigenvalue weighted by atomic mass is 15.1. The Morgan fingerprint density at radius 3 is 2.50 bits per heavy atom. The van der Waals surface area contributed by atoms with Gasteiger partial charge in [-0.3, -0.25) is 0 Å². The molecule has 70 valence electrons. The van der Waals surface area contributed by atoms with E-state index in [1.54, 1.807) is 0 Å². The summed E-state index contributed by atoms with van der Waals surface area (Å²) in [5.74, 6) is 0. The van der Waals surface area contributed by atoms with Crippen LogP contribution in [0.25, 0.3) is 0 Å². The minimum absolute atomic E-state index is 0.829. The molecule has 0 spiro atoms. The van der Waals surface area contributed by atoms with Crippen LogP contribution in [0, 0.1) is 5.41 Å². The van der Waals surface area contributed by atoms with Crippen LogP contribution >= 0.6 is 0 Å². The molecule has 1 aliphatic rings. The molecule has 0 bridgehead atoms. The van der Waals surface area contributed by atoms with Gasteiger partial charge in [0, 0.05) is 37.0 Å². The van der Waals surface area contributed by atoms with E-state index in [9.17, 15) is 0 Å². The minimum Gasteiger partial charge on any atom is -0.402 e. The van der Waals surface area contributed by atoms with Crippen molar-refractivity contribution in [2.24, 2.45) is 5.73 Å². The second kappa shape index (κ2) is 5.77. The first-order valence-electron chi connectivity index (χ1n) is 4.40. The van der Waals surface area contributed by atoms with Crippen LogP contribution in [0.5, 0.6) is 0 Å². The molecule has 0 saturated carbocycles. The molecule has 0 saturated heterocycles. The second-order valence-corrected chi connectivity index (χ2v) is 2.68. The highest BCUT2D eigenvalue weighted by Gasteiger charge is 2.11. The average Bonchev–Trinajstić information content (AvgIpc) is 2.13. The van der Waals surface area contributed by atoms with E-state index in [0.29, 0.717) is 0 Å². The molecule has 0 amide bonds. The molecule has 3 nitrogen and oxygen atoms in total. The normalized spacial score (nSPS) is 18.2. The van der Waals surface area contributed by atoms with E-state index in [1.165, 1.54) is 6.21 Å². The molecular formula is C9H19N3. The van der Waals surface area contributed by atoms with Crippen LogP contribution < -0.4 is 5.73 Å². The molecule has 0 aromatic rings. The Labute approximate surface area is 74.8 Å². The Balaban J connectivity index is 0.000000561. The van der Waals surface area contributed by atoms with Crippen molar-refractivity contribution in [2.75, 3.05) is 20.1 Å². The van der Waals surface area contributed by atoms with Gasteiger partial charge in [0.05, 0.1) is 0 Å². The Morgan fingerprint density at radius 2 is 2.08 bits per heavy atom. The molecule has 0 radical (unpaired) electrons. The first-order chi connectivity index (χ1) is 5.74. The summed E-state index contributed by atoms with van der Waals surface area (Å²) in [5, 5.41) is 7.03. The van der Waals surface area contributed by atoms with Gasteiger partial charge in [-0.25, -0.2) is 0 Å². The lowest BCUT2D eigenvalue weighted by Gasteiger charge is -2.23. The van der Waals surface area contributed by atoms with E-state index in [0.717, 1.165) is 30.8 Å². The zero-order chi connectivity index (χ0) is 9.56. The van der Waals surface area contributed by atoms with Crippen LogP contribution in [0.1, 0.15) is 20.3 Å². The number of nitrogens with zero attached hydrogens (tertiary/aromatic N) is 1.